The zero-order valence-corrected chi connectivity index (χ0v) is 17.2. The molecule has 150 valence electrons. The molecule has 2 aromatic carbocycles. The summed E-state index contributed by atoms with van der Waals surface area (Å²) in [6.07, 6.45) is 1.05. The van der Waals surface area contributed by atoms with Gasteiger partial charge in [0.15, 0.2) is 5.82 Å². The zero-order valence-electron chi connectivity index (χ0n) is 17.2. The molecule has 29 heavy (non-hydrogen) atoms. The van der Waals surface area contributed by atoms with E-state index in [0.717, 1.165) is 58.4 Å². The minimum atomic E-state index is 0.601. The first kappa shape index (κ1) is 19.4. The quantitative estimate of drug-likeness (QED) is 0.440. The van der Waals surface area contributed by atoms with Gasteiger partial charge in [-0.3, -0.25) is 0 Å². The highest BCUT2D eigenvalue weighted by Gasteiger charge is 2.12. The molecule has 2 N–H and O–H groups in total. The molecule has 2 heterocycles. The molecule has 0 aliphatic heterocycles. The fraction of sp³-hybridized carbons (Fsp3) is 0.304. The summed E-state index contributed by atoms with van der Waals surface area (Å²) in [7, 11) is 5.89. The summed E-state index contributed by atoms with van der Waals surface area (Å²) >= 11 is 0. The van der Waals surface area contributed by atoms with E-state index in [1.807, 2.05) is 18.2 Å². The van der Waals surface area contributed by atoms with E-state index >= 15 is 0 Å². The van der Waals surface area contributed by atoms with Crippen LogP contribution in [0.5, 0.6) is 0 Å². The Balaban J connectivity index is 1.68. The minimum Gasteiger partial charge on any atom is -0.380 e. The van der Waals surface area contributed by atoms with Gasteiger partial charge in [-0.05, 0) is 63.0 Å². The van der Waals surface area contributed by atoms with E-state index in [2.05, 4.69) is 59.6 Å². The summed E-state index contributed by atoms with van der Waals surface area (Å²) in [5.74, 6) is 1.58. The number of fused-ring (bicyclic) bond motifs is 2. The third kappa shape index (κ3) is 4.39. The fourth-order valence-corrected chi connectivity index (χ4v) is 3.49. The lowest BCUT2D eigenvalue weighted by Crippen LogP contribution is -2.16. The highest BCUT2D eigenvalue weighted by atomic mass is 16.5. The Bertz CT molecular complexity index is 1120. The van der Waals surface area contributed by atoms with Crippen molar-refractivity contribution in [1.29, 1.82) is 0 Å². The van der Waals surface area contributed by atoms with E-state index < -0.39 is 0 Å². The van der Waals surface area contributed by atoms with E-state index in [0.29, 0.717) is 12.4 Å². The zero-order chi connectivity index (χ0) is 20.2. The van der Waals surface area contributed by atoms with E-state index in [-0.39, 0.29) is 0 Å². The summed E-state index contributed by atoms with van der Waals surface area (Å²) in [4.78, 5) is 15.3. The van der Waals surface area contributed by atoms with Gasteiger partial charge in [-0.2, -0.15) is 0 Å². The van der Waals surface area contributed by atoms with Crippen LogP contribution in [0, 0.1) is 0 Å². The van der Waals surface area contributed by atoms with Crippen molar-refractivity contribution in [1.82, 2.24) is 19.9 Å². The molecule has 0 spiro atoms. The lowest BCUT2D eigenvalue weighted by Gasteiger charge is -2.12. The second-order valence-electron chi connectivity index (χ2n) is 7.53. The van der Waals surface area contributed by atoms with Gasteiger partial charge >= 0.3 is 0 Å². The van der Waals surface area contributed by atoms with Crippen LogP contribution in [-0.4, -0.2) is 54.1 Å². The molecule has 0 aliphatic rings. The van der Waals surface area contributed by atoms with Gasteiger partial charge in [0.2, 0.25) is 0 Å². The summed E-state index contributed by atoms with van der Waals surface area (Å²) in [5.41, 5.74) is 4.06. The number of H-pyrrole nitrogens is 1. The molecule has 0 amide bonds. The molecule has 2 aromatic heterocycles. The molecule has 6 heteroatoms. The topological polar surface area (TPSA) is 66.1 Å². The maximum atomic E-state index is 5.25. The molecule has 4 rings (SSSR count). The van der Waals surface area contributed by atoms with Crippen molar-refractivity contribution in [2.24, 2.45) is 0 Å². The van der Waals surface area contributed by atoms with Gasteiger partial charge in [0, 0.05) is 29.9 Å². The number of rotatable bonds is 8. The van der Waals surface area contributed by atoms with Crippen LogP contribution < -0.4 is 5.32 Å². The summed E-state index contributed by atoms with van der Waals surface area (Å²) in [6.45, 7) is 2.50. The molecule has 0 atom stereocenters. The smallest absolute Gasteiger partial charge is 0.178 e. The van der Waals surface area contributed by atoms with E-state index in [1.54, 1.807) is 7.11 Å². The standard InChI is InChI=1S/C23H27N5O/c1-28(2)12-6-11-24-22-18-7-4-5-8-20(18)26-23(27-22)21-14-17-13-16(15-29-3)9-10-19(17)25-21/h4-5,7-10,13-14,25H,6,11-12,15H2,1-3H3,(H,24,26,27). The Kier molecular flexibility index (Phi) is 5.74. The average molecular weight is 390 g/mol. The lowest BCUT2D eigenvalue weighted by molar-refractivity contribution is 0.185. The monoisotopic (exact) mass is 389 g/mol. The predicted octanol–water partition coefficient (Wildman–Crippen LogP) is 4.29. The second-order valence-corrected chi connectivity index (χ2v) is 7.53. The number of nitrogens with zero attached hydrogens (tertiary/aromatic N) is 3. The summed E-state index contributed by atoms with van der Waals surface area (Å²) < 4.78 is 5.25. The highest BCUT2D eigenvalue weighted by molar-refractivity contribution is 5.91. The Morgan fingerprint density at radius 1 is 1.07 bits per heavy atom. The maximum Gasteiger partial charge on any atom is 0.178 e. The van der Waals surface area contributed by atoms with Crippen molar-refractivity contribution >= 4 is 27.6 Å². The first-order chi connectivity index (χ1) is 14.1. The van der Waals surface area contributed by atoms with Gasteiger partial charge in [-0.1, -0.05) is 18.2 Å². The molecule has 0 fully saturated rings. The maximum absolute atomic E-state index is 5.25. The van der Waals surface area contributed by atoms with Crippen molar-refractivity contribution in [2.45, 2.75) is 13.0 Å². The van der Waals surface area contributed by atoms with Crippen molar-refractivity contribution in [2.75, 3.05) is 39.6 Å². The number of hydrogen-bond acceptors (Lipinski definition) is 5. The number of nitrogens with one attached hydrogen (secondary N) is 2. The van der Waals surface area contributed by atoms with Crippen LogP contribution in [0.2, 0.25) is 0 Å². The van der Waals surface area contributed by atoms with Crippen LogP contribution in [0.15, 0.2) is 48.5 Å². The van der Waals surface area contributed by atoms with Crippen LogP contribution in [0.3, 0.4) is 0 Å². The Morgan fingerprint density at radius 2 is 1.93 bits per heavy atom. The van der Waals surface area contributed by atoms with E-state index in [4.69, 9.17) is 14.7 Å². The Labute approximate surface area is 170 Å². The Morgan fingerprint density at radius 3 is 2.76 bits per heavy atom. The third-order valence-corrected chi connectivity index (χ3v) is 4.91. The van der Waals surface area contributed by atoms with Crippen LogP contribution in [0.4, 0.5) is 5.82 Å². The number of hydrogen-bond donors (Lipinski definition) is 2. The van der Waals surface area contributed by atoms with Crippen molar-refractivity contribution in [3.8, 4) is 11.5 Å². The van der Waals surface area contributed by atoms with Gasteiger partial charge in [-0.25, -0.2) is 9.97 Å². The molecule has 4 aromatic rings. The second kappa shape index (κ2) is 8.59. The molecular weight excluding hydrogens is 362 g/mol. The van der Waals surface area contributed by atoms with Crippen LogP contribution in [-0.2, 0) is 11.3 Å². The molecule has 0 aliphatic carbocycles. The van der Waals surface area contributed by atoms with Crippen molar-refractivity contribution < 1.29 is 4.74 Å². The number of ether oxygens (including phenoxy) is 1. The van der Waals surface area contributed by atoms with Crippen molar-refractivity contribution in [3.05, 3.63) is 54.1 Å². The number of anilines is 1. The molecule has 0 radical (unpaired) electrons. The van der Waals surface area contributed by atoms with Crippen molar-refractivity contribution in [3.63, 3.8) is 0 Å². The minimum absolute atomic E-state index is 0.601. The SMILES string of the molecule is COCc1ccc2[nH]c(-c3nc(NCCCN(C)C)c4ccccc4n3)cc2c1. The largest absolute Gasteiger partial charge is 0.380 e. The molecular formula is C23H27N5O. The van der Waals surface area contributed by atoms with Gasteiger partial charge < -0.3 is 19.9 Å². The molecule has 0 unspecified atom stereocenters. The molecule has 0 saturated carbocycles. The van der Waals surface area contributed by atoms with Crippen LogP contribution >= 0.6 is 0 Å². The summed E-state index contributed by atoms with van der Waals surface area (Å²) in [5, 5.41) is 5.68. The molecule has 6 nitrogen and oxygen atoms in total. The number of benzene rings is 2. The number of aromatic amines is 1. The number of aromatic nitrogens is 3. The Hall–Kier alpha value is -2.96. The third-order valence-electron chi connectivity index (χ3n) is 4.91. The van der Waals surface area contributed by atoms with Crippen LogP contribution in [0.25, 0.3) is 33.3 Å². The predicted molar refractivity (Wildman–Crippen MR) is 119 cm³/mol. The van der Waals surface area contributed by atoms with Crippen LogP contribution in [0.1, 0.15) is 12.0 Å². The fourth-order valence-electron chi connectivity index (χ4n) is 3.49. The highest BCUT2D eigenvalue weighted by Crippen LogP contribution is 2.27. The number of para-hydroxylation sites is 1. The first-order valence-electron chi connectivity index (χ1n) is 9.90. The van der Waals surface area contributed by atoms with Gasteiger partial charge in [-0.15, -0.1) is 0 Å². The summed E-state index contributed by atoms with van der Waals surface area (Å²) in [6, 6.07) is 16.5. The lowest BCUT2D eigenvalue weighted by atomic mass is 10.1. The van der Waals surface area contributed by atoms with Gasteiger partial charge in [0.25, 0.3) is 0 Å². The number of methoxy groups -OCH3 is 1. The normalized spacial score (nSPS) is 11.6. The van der Waals surface area contributed by atoms with E-state index in [9.17, 15) is 0 Å². The first-order valence-corrected chi connectivity index (χ1v) is 9.90. The van der Waals surface area contributed by atoms with Gasteiger partial charge in [0.05, 0.1) is 17.8 Å². The average Bonchev–Trinajstić information content (AvgIpc) is 3.14. The van der Waals surface area contributed by atoms with E-state index in [1.165, 1.54) is 0 Å². The molecule has 0 saturated heterocycles. The molecule has 0 bridgehead atoms. The van der Waals surface area contributed by atoms with Gasteiger partial charge in [0.1, 0.15) is 5.82 Å².